The van der Waals surface area contributed by atoms with Gasteiger partial charge in [0.25, 0.3) is 0 Å². The van der Waals surface area contributed by atoms with Gasteiger partial charge in [0.05, 0.1) is 22.3 Å². The highest BCUT2D eigenvalue weighted by molar-refractivity contribution is 6.00. The van der Waals surface area contributed by atoms with Crippen LogP contribution in [-0.4, -0.2) is 43.9 Å². The molecule has 3 aromatic rings. The van der Waals surface area contributed by atoms with Crippen LogP contribution in [0.1, 0.15) is 37.3 Å². The number of rotatable bonds is 3. The molecule has 3 aliphatic rings. The van der Waals surface area contributed by atoms with Crippen LogP contribution >= 0.6 is 0 Å². The third-order valence-corrected chi connectivity index (χ3v) is 7.73. The molecule has 1 unspecified atom stereocenters. The van der Waals surface area contributed by atoms with Gasteiger partial charge in [0.1, 0.15) is 6.04 Å². The smallest absolute Gasteiger partial charge is 0.363 e. The maximum atomic E-state index is 13.1. The summed E-state index contributed by atoms with van der Waals surface area (Å²) in [5, 5.41) is 13.1. The zero-order valence-corrected chi connectivity index (χ0v) is 20.1. The van der Waals surface area contributed by atoms with Crippen LogP contribution in [0.3, 0.4) is 0 Å². The summed E-state index contributed by atoms with van der Waals surface area (Å²) >= 11 is 0. The van der Waals surface area contributed by atoms with E-state index in [1.54, 1.807) is 25.4 Å². The summed E-state index contributed by atoms with van der Waals surface area (Å²) in [5.41, 5.74) is 2.84. The van der Waals surface area contributed by atoms with Gasteiger partial charge in [-0.25, -0.2) is 4.79 Å². The minimum absolute atomic E-state index is 0.155. The third kappa shape index (κ3) is 3.76. The Morgan fingerprint density at radius 2 is 1.95 bits per heavy atom. The van der Waals surface area contributed by atoms with E-state index in [-0.39, 0.29) is 41.6 Å². The van der Waals surface area contributed by atoms with E-state index in [9.17, 15) is 24.5 Å². The van der Waals surface area contributed by atoms with Gasteiger partial charge in [-0.2, -0.15) is 0 Å². The van der Waals surface area contributed by atoms with Crippen LogP contribution < -0.4 is 15.9 Å². The van der Waals surface area contributed by atoms with E-state index in [0.29, 0.717) is 11.0 Å². The van der Waals surface area contributed by atoms with Crippen molar-refractivity contribution in [2.24, 2.45) is 18.4 Å². The van der Waals surface area contributed by atoms with E-state index < -0.39 is 16.9 Å². The van der Waals surface area contributed by atoms with Gasteiger partial charge >= 0.3 is 11.5 Å². The second kappa shape index (κ2) is 8.30. The van der Waals surface area contributed by atoms with Gasteiger partial charge in [-0.15, -0.1) is 0 Å². The van der Waals surface area contributed by atoms with E-state index in [2.05, 4.69) is 27.0 Å². The average Bonchev–Trinajstić information content (AvgIpc) is 3.08. The number of hydrogen-bond acceptors (Lipinski definition) is 7. The van der Waals surface area contributed by atoms with E-state index in [1.807, 2.05) is 12.1 Å². The fourth-order valence-corrected chi connectivity index (χ4v) is 5.91. The van der Waals surface area contributed by atoms with Gasteiger partial charge < -0.3 is 15.0 Å². The molecule has 1 spiro atoms. The van der Waals surface area contributed by atoms with Crippen molar-refractivity contribution in [2.75, 3.05) is 18.0 Å². The quantitative estimate of drug-likeness (QED) is 0.251. The lowest BCUT2D eigenvalue weighted by Gasteiger charge is -2.58. The number of nitrogens with one attached hydrogen (secondary N) is 1. The molecule has 0 radical (unpaired) electrons. The van der Waals surface area contributed by atoms with Crippen molar-refractivity contribution in [3.63, 3.8) is 0 Å². The first-order valence-electron chi connectivity index (χ1n) is 12.2. The zero-order valence-electron chi connectivity index (χ0n) is 20.1. The molecular weight excluding hydrogens is 476 g/mol. The van der Waals surface area contributed by atoms with Crippen molar-refractivity contribution >= 4 is 34.4 Å². The number of nitro groups is 1. The van der Waals surface area contributed by atoms with Crippen molar-refractivity contribution < 1.29 is 14.5 Å². The number of para-hydroxylation sites is 1. The number of carbonyl (C=O) groups is 2. The zero-order chi connectivity index (χ0) is 25.9. The minimum atomic E-state index is -0.726. The second-order valence-electron chi connectivity index (χ2n) is 10.2. The van der Waals surface area contributed by atoms with Crippen LogP contribution in [0.25, 0.3) is 11.0 Å². The summed E-state index contributed by atoms with van der Waals surface area (Å²) in [6.45, 7) is 1.76. The second-order valence-corrected chi connectivity index (χ2v) is 10.2. The number of carbonyl (C=O) groups excluding carboxylic acids is 2. The molecule has 37 heavy (non-hydrogen) atoms. The number of piperidine rings is 1. The molecule has 2 saturated heterocycles. The van der Waals surface area contributed by atoms with Crippen LogP contribution in [0.5, 0.6) is 0 Å². The monoisotopic (exact) mass is 500 g/mol. The molecule has 4 heterocycles. The van der Waals surface area contributed by atoms with E-state index >= 15 is 0 Å². The highest BCUT2D eigenvalue weighted by Crippen LogP contribution is 2.52. The fourth-order valence-electron chi connectivity index (χ4n) is 5.91. The van der Waals surface area contributed by atoms with Crippen LogP contribution in [0.15, 0.2) is 41.3 Å². The topological polar surface area (TPSA) is 132 Å². The highest BCUT2D eigenvalue weighted by atomic mass is 16.6. The standard InChI is InChI=1S/C26H24N6O5/c1-29-23-17(3-2-4-19(23)31(25(29)35)20-8-10-22(33)28-24(20)34)6-5-16-11-26(12-16)14-30(15-26)18-7-9-21(27-13-18)32(36)37/h2-4,7,9,13,16,20H,8,10-12,14-15H2,1H3,(H,28,33,34). The fraction of sp³-hybridized carbons (Fsp3) is 0.385. The molecule has 11 heteroatoms. The number of benzene rings is 1. The number of pyridine rings is 1. The molecular formula is C26H24N6O5. The van der Waals surface area contributed by atoms with Crippen molar-refractivity contribution in [3.05, 3.63) is 62.7 Å². The largest absolute Gasteiger partial charge is 0.367 e. The molecule has 1 aliphatic carbocycles. The number of fused-ring (bicyclic) bond motifs is 1. The van der Waals surface area contributed by atoms with Crippen molar-refractivity contribution in [2.45, 2.75) is 31.7 Å². The first kappa shape index (κ1) is 23.0. The van der Waals surface area contributed by atoms with Gasteiger partial charge in [0.2, 0.25) is 11.8 Å². The SMILES string of the molecule is Cn1c(=O)n(C2CCC(=O)NC2=O)c2cccc(C#CC3CC4(C3)CN(c3ccc([N+](=O)[O-])nc3)C4)c21. The van der Waals surface area contributed by atoms with E-state index in [4.69, 9.17) is 0 Å². The van der Waals surface area contributed by atoms with Crippen LogP contribution in [0, 0.1) is 33.3 Å². The Bertz CT molecular complexity index is 1580. The average molecular weight is 501 g/mol. The lowest BCUT2D eigenvalue weighted by atomic mass is 9.58. The third-order valence-electron chi connectivity index (χ3n) is 7.73. The predicted molar refractivity (Wildman–Crippen MR) is 134 cm³/mol. The van der Waals surface area contributed by atoms with E-state index in [1.165, 1.54) is 15.2 Å². The Kier molecular flexibility index (Phi) is 5.15. The summed E-state index contributed by atoms with van der Waals surface area (Å²) in [5.74, 6) is 5.96. The van der Waals surface area contributed by atoms with Gasteiger partial charge in [-0.1, -0.05) is 17.9 Å². The molecule has 188 valence electrons. The number of imide groups is 1. The summed E-state index contributed by atoms with van der Waals surface area (Å²) in [6, 6.07) is 7.95. The van der Waals surface area contributed by atoms with E-state index in [0.717, 1.165) is 37.2 Å². The maximum absolute atomic E-state index is 13.1. The number of hydrogen-bond donors (Lipinski definition) is 1. The molecule has 1 atom stereocenters. The van der Waals surface area contributed by atoms with Crippen LogP contribution in [-0.2, 0) is 16.6 Å². The van der Waals surface area contributed by atoms with Gasteiger partial charge in [-0.05, 0) is 47.4 Å². The van der Waals surface area contributed by atoms with Crippen molar-refractivity contribution in [1.29, 1.82) is 0 Å². The molecule has 2 aliphatic heterocycles. The Labute approximate surface area is 211 Å². The molecule has 1 saturated carbocycles. The predicted octanol–water partition coefficient (Wildman–Crippen LogP) is 1.89. The maximum Gasteiger partial charge on any atom is 0.363 e. The van der Waals surface area contributed by atoms with Crippen molar-refractivity contribution in [3.8, 4) is 11.8 Å². The summed E-state index contributed by atoms with van der Waals surface area (Å²) in [4.78, 5) is 53.5. The van der Waals surface area contributed by atoms with Gasteiger partial charge in [0, 0.05) is 44.0 Å². The Hall–Kier alpha value is -4.46. The lowest BCUT2D eigenvalue weighted by molar-refractivity contribution is -0.389. The summed E-state index contributed by atoms with van der Waals surface area (Å²) in [7, 11) is 1.67. The molecule has 0 bridgehead atoms. The molecule has 11 nitrogen and oxygen atoms in total. The number of aromatic nitrogens is 3. The lowest BCUT2D eigenvalue weighted by Crippen LogP contribution is -2.62. The van der Waals surface area contributed by atoms with Crippen molar-refractivity contribution in [1.82, 2.24) is 19.4 Å². The molecule has 6 rings (SSSR count). The number of amides is 2. The Morgan fingerprint density at radius 3 is 2.62 bits per heavy atom. The normalized spacial score (nSPS) is 20.7. The number of nitrogens with zero attached hydrogens (tertiary/aromatic N) is 5. The number of imidazole rings is 1. The molecule has 1 N–H and O–H groups in total. The molecule has 2 amide bonds. The first-order chi connectivity index (χ1) is 17.7. The molecule has 3 fully saturated rings. The van der Waals surface area contributed by atoms with Crippen LogP contribution in [0.2, 0.25) is 0 Å². The van der Waals surface area contributed by atoms with Gasteiger partial charge in [0.15, 0.2) is 6.20 Å². The minimum Gasteiger partial charge on any atom is -0.367 e. The Balaban J connectivity index is 1.17. The first-order valence-corrected chi connectivity index (χ1v) is 12.2. The Morgan fingerprint density at radius 1 is 1.16 bits per heavy atom. The number of aryl methyl sites for hydroxylation is 1. The van der Waals surface area contributed by atoms with Gasteiger partial charge in [-0.3, -0.25) is 24.0 Å². The highest BCUT2D eigenvalue weighted by Gasteiger charge is 2.52. The summed E-state index contributed by atoms with van der Waals surface area (Å²) < 4.78 is 2.99. The van der Waals surface area contributed by atoms with Crippen LogP contribution in [0.4, 0.5) is 11.5 Å². The molecule has 1 aromatic carbocycles. The molecule has 2 aromatic heterocycles. The number of anilines is 1. The summed E-state index contributed by atoms with van der Waals surface area (Å²) in [6.07, 6.45) is 3.98.